The fourth-order valence-corrected chi connectivity index (χ4v) is 3.17. The lowest BCUT2D eigenvalue weighted by molar-refractivity contribution is 0.0950. The fraction of sp³-hybridized carbons (Fsp3) is 0.238. The molecule has 3 aromatic rings. The van der Waals surface area contributed by atoms with Gasteiger partial charge in [-0.05, 0) is 49.7 Å². The van der Waals surface area contributed by atoms with E-state index in [0.29, 0.717) is 23.6 Å². The first-order valence-corrected chi connectivity index (χ1v) is 8.69. The summed E-state index contributed by atoms with van der Waals surface area (Å²) in [5.41, 5.74) is 4.52. The van der Waals surface area contributed by atoms with E-state index >= 15 is 0 Å². The summed E-state index contributed by atoms with van der Waals surface area (Å²) in [5.74, 6) is 1.50. The van der Waals surface area contributed by atoms with Crippen molar-refractivity contribution in [1.82, 2.24) is 10.5 Å². The third-order valence-electron chi connectivity index (χ3n) is 4.45. The summed E-state index contributed by atoms with van der Waals surface area (Å²) < 4.78 is 11.2. The lowest BCUT2D eigenvalue weighted by Gasteiger charge is -2.03. The van der Waals surface area contributed by atoms with E-state index in [1.807, 2.05) is 43.3 Å². The Morgan fingerprint density at radius 1 is 1.23 bits per heavy atom. The van der Waals surface area contributed by atoms with Crippen molar-refractivity contribution < 1.29 is 14.1 Å². The summed E-state index contributed by atoms with van der Waals surface area (Å²) in [6.45, 7) is 4.34. The van der Waals surface area contributed by atoms with Crippen LogP contribution in [0.4, 0.5) is 0 Å². The van der Waals surface area contributed by atoms with Crippen molar-refractivity contribution in [1.29, 1.82) is 0 Å². The van der Waals surface area contributed by atoms with E-state index in [1.165, 1.54) is 5.56 Å². The molecular weight excluding hydrogens is 328 g/mol. The Labute approximate surface area is 152 Å². The maximum atomic E-state index is 12.2. The molecule has 132 valence electrons. The number of rotatable bonds is 4. The maximum absolute atomic E-state index is 12.2. The number of nitrogens with one attached hydrogen (secondary N) is 1. The van der Waals surface area contributed by atoms with Gasteiger partial charge in [-0.25, -0.2) is 0 Å². The molecule has 1 amide bonds. The van der Waals surface area contributed by atoms with E-state index in [1.54, 1.807) is 6.07 Å². The number of amides is 1. The first-order valence-electron chi connectivity index (χ1n) is 8.69. The Morgan fingerprint density at radius 3 is 2.96 bits per heavy atom. The van der Waals surface area contributed by atoms with Crippen molar-refractivity contribution in [3.05, 3.63) is 70.9 Å². The highest BCUT2D eigenvalue weighted by Gasteiger charge is 2.20. The van der Waals surface area contributed by atoms with Crippen LogP contribution in [0.15, 0.2) is 53.1 Å². The third kappa shape index (κ3) is 3.33. The molecular formula is C21H20N2O3. The summed E-state index contributed by atoms with van der Waals surface area (Å²) >= 11 is 0. The molecule has 1 unspecified atom stereocenters. The Bertz CT molecular complexity index is 961. The number of aromatic nitrogens is 1. The van der Waals surface area contributed by atoms with Gasteiger partial charge < -0.3 is 14.6 Å². The van der Waals surface area contributed by atoms with E-state index in [2.05, 4.69) is 23.5 Å². The molecule has 1 atom stereocenters. The molecule has 0 radical (unpaired) electrons. The minimum atomic E-state index is -0.123. The van der Waals surface area contributed by atoms with Gasteiger partial charge in [-0.2, -0.15) is 0 Å². The minimum Gasteiger partial charge on any atom is -0.490 e. The summed E-state index contributed by atoms with van der Waals surface area (Å²) in [6.07, 6.45) is 1.11. The van der Waals surface area contributed by atoms with Gasteiger partial charge in [0, 0.05) is 23.6 Å². The molecule has 2 aromatic carbocycles. The molecule has 26 heavy (non-hydrogen) atoms. The number of nitrogens with zero attached hydrogens (tertiary/aromatic N) is 1. The molecule has 1 aromatic heterocycles. The van der Waals surface area contributed by atoms with Crippen LogP contribution in [-0.4, -0.2) is 17.2 Å². The first-order chi connectivity index (χ1) is 12.6. The first kappa shape index (κ1) is 16.4. The van der Waals surface area contributed by atoms with Crippen molar-refractivity contribution >= 4 is 5.91 Å². The van der Waals surface area contributed by atoms with E-state index < -0.39 is 0 Å². The van der Waals surface area contributed by atoms with E-state index in [0.717, 1.165) is 23.3 Å². The van der Waals surface area contributed by atoms with Crippen molar-refractivity contribution in [3.8, 4) is 17.1 Å². The number of benzene rings is 2. The van der Waals surface area contributed by atoms with E-state index in [-0.39, 0.29) is 12.0 Å². The SMILES string of the molecule is Cc1cccc(C(=O)NCc2cc(-c3ccc4c(c3)CC(C)O4)on2)c1. The van der Waals surface area contributed by atoms with Crippen LogP contribution in [0, 0.1) is 6.92 Å². The molecule has 0 bridgehead atoms. The van der Waals surface area contributed by atoms with Crippen molar-refractivity contribution in [2.75, 3.05) is 0 Å². The molecule has 0 aliphatic carbocycles. The zero-order chi connectivity index (χ0) is 18.1. The van der Waals surface area contributed by atoms with Crippen LogP contribution in [0.25, 0.3) is 11.3 Å². The number of carbonyl (C=O) groups excluding carboxylic acids is 1. The number of hydrogen-bond donors (Lipinski definition) is 1. The predicted octanol–water partition coefficient (Wildman–Crippen LogP) is 3.90. The molecule has 5 heteroatoms. The molecule has 0 saturated carbocycles. The zero-order valence-corrected chi connectivity index (χ0v) is 14.8. The molecule has 2 heterocycles. The number of aryl methyl sites for hydroxylation is 1. The van der Waals surface area contributed by atoms with Gasteiger partial charge in [0.05, 0.1) is 6.54 Å². The Balaban J connectivity index is 1.44. The highest BCUT2D eigenvalue weighted by molar-refractivity contribution is 5.94. The monoisotopic (exact) mass is 348 g/mol. The smallest absolute Gasteiger partial charge is 0.251 e. The topological polar surface area (TPSA) is 64.4 Å². The fourth-order valence-electron chi connectivity index (χ4n) is 3.17. The molecule has 1 aliphatic heterocycles. The number of carbonyl (C=O) groups is 1. The number of ether oxygens (including phenoxy) is 1. The van der Waals surface area contributed by atoms with Crippen molar-refractivity contribution in [2.45, 2.75) is 32.9 Å². The zero-order valence-electron chi connectivity index (χ0n) is 14.8. The lowest BCUT2D eigenvalue weighted by Crippen LogP contribution is -2.22. The Hall–Kier alpha value is -3.08. The normalized spacial score (nSPS) is 15.4. The molecule has 1 N–H and O–H groups in total. The van der Waals surface area contributed by atoms with E-state index in [4.69, 9.17) is 9.26 Å². The quantitative estimate of drug-likeness (QED) is 0.776. The second kappa shape index (κ2) is 6.67. The van der Waals surface area contributed by atoms with Gasteiger partial charge in [0.2, 0.25) is 0 Å². The van der Waals surface area contributed by atoms with Gasteiger partial charge in [-0.1, -0.05) is 22.9 Å². The maximum Gasteiger partial charge on any atom is 0.251 e. The molecule has 0 saturated heterocycles. The minimum absolute atomic E-state index is 0.123. The third-order valence-corrected chi connectivity index (χ3v) is 4.45. The summed E-state index contributed by atoms with van der Waals surface area (Å²) in [4.78, 5) is 12.2. The van der Waals surface area contributed by atoms with Crippen molar-refractivity contribution in [3.63, 3.8) is 0 Å². The lowest BCUT2D eigenvalue weighted by atomic mass is 10.1. The van der Waals surface area contributed by atoms with Gasteiger partial charge in [-0.3, -0.25) is 4.79 Å². The number of fused-ring (bicyclic) bond motifs is 1. The van der Waals surface area contributed by atoms with Crippen LogP contribution < -0.4 is 10.1 Å². The largest absolute Gasteiger partial charge is 0.490 e. The van der Waals surface area contributed by atoms with Crippen LogP contribution in [0.1, 0.15) is 34.1 Å². The average Bonchev–Trinajstić information content (AvgIpc) is 3.24. The Kier molecular flexibility index (Phi) is 4.21. The van der Waals surface area contributed by atoms with Crippen LogP contribution >= 0.6 is 0 Å². The van der Waals surface area contributed by atoms with Crippen LogP contribution in [0.5, 0.6) is 5.75 Å². The van der Waals surface area contributed by atoms with E-state index in [9.17, 15) is 4.79 Å². The molecule has 0 fully saturated rings. The second-order valence-electron chi connectivity index (χ2n) is 6.69. The highest BCUT2D eigenvalue weighted by atomic mass is 16.5. The summed E-state index contributed by atoms with van der Waals surface area (Å²) in [5, 5.41) is 6.94. The van der Waals surface area contributed by atoms with Crippen LogP contribution in [0.3, 0.4) is 0 Å². The van der Waals surface area contributed by atoms with Crippen molar-refractivity contribution in [2.24, 2.45) is 0 Å². The molecule has 4 rings (SSSR count). The molecule has 5 nitrogen and oxygen atoms in total. The highest BCUT2D eigenvalue weighted by Crippen LogP contribution is 2.33. The Morgan fingerprint density at radius 2 is 2.12 bits per heavy atom. The molecule has 0 spiro atoms. The second-order valence-corrected chi connectivity index (χ2v) is 6.69. The standard InChI is InChI=1S/C21H20N2O3/c1-13-4-3-5-16(8-13)21(24)22-12-18-11-20(26-23-18)15-6-7-19-17(10-15)9-14(2)25-19/h3-8,10-11,14H,9,12H2,1-2H3,(H,22,24). The van der Waals surface area contributed by atoms with Gasteiger partial charge in [0.15, 0.2) is 5.76 Å². The summed E-state index contributed by atoms with van der Waals surface area (Å²) in [7, 11) is 0. The molecule has 1 aliphatic rings. The van der Waals surface area contributed by atoms with Gasteiger partial charge >= 0.3 is 0 Å². The number of hydrogen-bond acceptors (Lipinski definition) is 4. The van der Waals surface area contributed by atoms with Gasteiger partial charge in [0.1, 0.15) is 17.5 Å². The summed E-state index contributed by atoms with van der Waals surface area (Å²) in [6, 6.07) is 15.4. The predicted molar refractivity (Wildman–Crippen MR) is 98.1 cm³/mol. The van der Waals surface area contributed by atoms with Gasteiger partial charge in [-0.15, -0.1) is 0 Å². The average molecular weight is 348 g/mol. The van der Waals surface area contributed by atoms with Crippen LogP contribution in [-0.2, 0) is 13.0 Å². The van der Waals surface area contributed by atoms with Crippen LogP contribution in [0.2, 0.25) is 0 Å². The van der Waals surface area contributed by atoms with Gasteiger partial charge in [0.25, 0.3) is 5.91 Å².